The maximum absolute atomic E-state index is 12.3. The zero-order chi connectivity index (χ0) is 17.8. The number of benzene rings is 2. The van der Waals surface area contributed by atoms with E-state index in [1.165, 1.54) is 37.7 Å². The molecule has 26 heavy (non-hydrogen) atoms. The van der Waals surface area contributed by atoms with Crippen molar-refractivity contribution in [2.45, 2.75) is 32.1 Å². The fraction of sp³-hybridized carbons (Fsp3) is 0.348. The van der Waals surface area contributed by atoms with E-state index in [-0.39, 0.29) is 5.75 Å². The van der Waals surface area contributed by atoms with Crippen LogP contribution in [0.15, 0.2) is 60.8 Å². The molecule has 0 saturated carbocycles. The highest BCUT2D eigenvalue weighted by Gasteiger charge is 2.21. The highest BCUT2D eigenvalue weighted by molar-refractivity contribution is 5.96. The first-order valence-corrected chi connectivity index (χ1v) is 9.65. The largest absolute Gasteiger partial charge is 0.371 e. The van der Waals surface area contributed by atoms with E-state index >= 15 is 0 Å². The van der Waals surface area contributed by atoms with Crippen molar-refractivity contribution in [1.29, 1.82) is 0 Å². The van der Waals surface area contributed by atoms with Gasteiger partial charge in [0, 0.05) is 19.3 Å². The molecule has 3 heteroatoms. The summed E-state index contributed by atoms with van der Waals surface area (Å²) in [6.45, 7) is 2.06. The average Bonchev–Trinajstić information content (AvgIpc) is 2.69. The minimum absolute atomic E-state index is 0.0792. The highest BCUT2D eigenvalue weighted by atomic mass is 16.3. The lowest BCUT2D eigenvalue weighted by Crippen LogP contribution is -2.33. The molecule has 3 nitrogen and oxygen atoms in total. The summed E-state index contributed by atoms with van der Waals surface area (Å²) in [4.78, 5) is 6.73. The van der Waals surface area contributed by atoms with Gasteiger partial charge in [0.2, 0.25) is 0 Å². The van der Waals surface area contributed by atoms with Gasteiger partial charge in [-0.15, -0.1) is 0 Å². The number of fused-ring (bicyclic) bond motifs is 1. The first-order valence-electron chi connectivity index (χ1n) is 9.65. The number of rotatable bonds is 5. The van der Waals surface area contributed by atoms with Crippen molar-refractivity contribution in [3.05, 3.63) is 66.4 Å². The van der Waals surface area contributed by atoms with Crippen LogP contribution in [0.4, 0.5) is 5.69 Å². The SMILES string of the molecule is [O]c1cccc2nccc(N3CCC(CCCc4ccccc4)CC3)c12. The molecule has 0 bridgehead atoms. The van der Waals surface area contributed by atoms with E-state index < -0.39 is 0 Å². The Hall–Kier alpha value is -2.55. The van der Waals surface area contributed by atoms with Crippen LogP contribution in [0.5, 0.6) is 5.75 Å². The molecule has 0 atom stereocenters. The van der Waals surface area contributed by atoms with Gasteiger partial charge in [0.05, 0.1) is 16.6 Å². The van der Waals surface area contributed by atoms with Crippen LogP contribution in [-0.4, -0.2) is 18.1 Å². The Morgan fingerprint density at radius 1 is 0.962 bits per heavy atom. The molecule has 2 heterocycles. The fourth-order valence-corrected chi connectivity index (χ4v) is 4.12. The van der Waals surface area contributed by atoms with Crippen LogP contribution in [-0.2, 0) is 11.5 Å². The van der Waals surface area contributed by atoms with E-state index in [2.05, 4.69) is 40.2 Å². The standard InChI is InChI=1S/C23H25N2O/c26-22-11-5-10-20-23(22)21(12-15-24-20)25-16-13-19(14-17-25)9-4-8-18-6-2-1-3-7-18/h1-3,5-7,10-12,15,19H,4,8-9,13-14,16-17H2. The lowest BCUT2D eigenvalue weighted by Gasteiger charge is -2.34. The van der Waals surface area contributed by atoms with Crippen molar-refractivity contribution < 1.29 is 5.11 Å². The Kier molecular flexibility index (Phi) is 5.05. The quantitative estimate of drug-likeness (QED) is 0.602. The summed E-state index contributed by atoms with van der Waals surface area (Å²) in [6.07, 6.45) is 7.97. The second kappa shape index (κ2) is 7.77. The van der Waals surface area contributed by atoms with E-state index in [1.54, 1.807) is 12.1 Å². The van der Waals surface area contributed by atoms with Crippen LogP contribution in [0.3, 0.4) is 0 Å². The molecular formula is C23H25N2O. The van der Waals surface area contributed by atoms with Gasteiger partial charge >= 0.3 is 0 Å². The van der Waals surface area contributed by atoms with Crippen LogP contribution >= 0.6 is 0 Å². The number of nitrogens with zero attached hydrogens (tertiary/aromatic N) is 2. The van der Waals surface area contributed by atoms with Crippen molar-refractivity contribution in [1.82, 2.24) is 4.98 Å². The number of aryl methyl sites for hydroxylation is 1. The molecule has 1 aromatic heterocycles. The monoisotopic (exact) mass is 345 g/mol. The molecule has 0 amide bonds. The maximum Gasteiger partial charge on any atom is 0.190 e. The minimum Gasteiger partial charge on any atom is -0.371 e. The summed E-state index contributed by atoms with van der Waals surface area (Å²) in [5.41, 5.74) is 3.31. The summed E-state index contributed by atoms with van der Waals surface area (Å²) in [5, 5.41) is 13.1. The summed E-state index contributed by atoms with van der Waals surface area (Å²) in [6, 6.07) is 18.1. The number of pyridine rings is 1. The molecule has 0 N–H and O–H groups in total. The van der Waals surface area contributed by atoms with Gasteiger partial charge in [0.15, 0.2) is 5.75 Å². The summed E-state index contributed by atoms with van der Waals surface area (Å²) in [7, 11) is 0. The Bertz CT molecular complexity index is 849. The van der Waals surface area contributed by atoms with E-state index in [4.69, 9.17) is 0 Å². The lowest BCUT2D eigenvalue weighted by molar-refractivity contribution is 0.359. The number of hydrogen-bond acceptors (Lipinski definition) is 2. The third kappa shape index (κ3) is 3.67. The normalized spacial score (nSPS) is 15.5. The zero-order valence-electron chi connectivity index (χ0n) is 15.1. The first-order chi connectivity index (χ1) is 12.8. The van der Waals surface area contributed by atoms with Gasteiger partial charge < -0.3 is 4.90 Å². The molecule has 2 aromatic carbocycles. The van der Waals surface area contributed by atoms with Crippen molar-refractivity contribution in [3.63, 3.8) is 0 Å². The second-order valence-electron chi connectivity index (χ2n) is 7.29. The average molecular weight is 345 g/mol. The molecule has 3 aromatic rings. The van der Waals surface area contributed by atoms with Crippen molar-refractivity contribution >= 4 is 16.6 Å². The number of hydrogen-bond donors (Lipinski definition) is 0. The van der Waals surface area contributed by atoms with Crippen LogP contribution in [0, 0.1) is 5.92 Å². The smallest absolute Gasteiger partial charge is 0.190 e. The summed E-state index contributed by atoms with van der Waals surface area (Å²) < 4.78 is 0. The van der Waals surface area contributed by atoms with Crippen LogP contribution in [0.1, 0.15) is 31.2 Å². The van der Waals surface area contributed by atoms with Crippen molar-refractivity contribution in [2.24, 2.45) is 5.92 Å². The molecule has 0 aliphatic carbocycles. The maximum atomic E-state index is 12.3. The van der Waals surface area contributed by atoms with Crippen LogP contribution < -0.4 is 4.90 Å². The van der Waals surface area contributed by atoms with Crippen LogP contribution in [0.2, 0.25) is 0 Å². The Morgan fingerprint density at radius 2 is 1.77 bits per heavy atom. The zero-order valence-corrected chi connectivity index (χ0v) is 15.1. The molecular weight excluding hydrogens is 320 g/mol. The van der Waals surface area contributed by atoms with Gasteiger partial charge in [0.1, 0.15) is 0 Å². The Morgan fingerprint density at radius 3 is 2.58 bits per heavy atom. The fourth-order valence-electron chi connectivity index (χ4n) is 4.12. The Balaban J connectivity index is 1.35. The molecule has 133 valence electrons. The Labute approximate surface area is 155 Å². The molecule has 1 aliphatic rings. The molecule has 4 rings (SSSR count). The highest BCUT2D eigenvalue weighted by Crippen LogP contribution is 2.35. The topological polar surface area (TPSA) is 36.0 Å². The molecule has 1 radical (unpaired) electrons. The van der Waals surface area contributed by atoms with E-state index in [0.717, 1.165) is 35.6 Å². The molecule has 1 fully saturated rings. The molecule has 1 saturated heterocycles. The third-order valence-electron chi connectivity index (χ3n) is 5.58. The number of anilines is 1. The van der Waals surface area contributed by atoms with E-state index in [0.29, 0.717) is 0 Å². The van der Waals surface area contributed by atoms with Crippen LogP contribution in [0.25, 0.3) is 10.9 Å². The summed E-state index contributed by atoms with van der Waals surface area (Å²) >= 11 is 0. The van der Waals surface area contributed by atoms with E-state index in [9.17, 15) is 5.11 Å². The molecule has 1 aliphatic heterocycles. The predicted molar refractivity (Wildman–Crippen MR) is 106 cm³/mol. The summed E-state index contributed by atoms with van der Waals surface area (Å²) in [5.74, 6) is 0.880. The lowest BCUT2D eigenvalue weighted by atomic mass is 9.90. The van der Waals surface area contributed by atoms with Gasteiger partial charge in [-0.25, -0.2) is 0 Å². The number of aromatic nitrogens is 1. The third-order valence-corrected chi connectivity index (χ3v) is 5.58. The first kappa shape index (κ1) is 16.9. The molecule has 0 unspecified atom stereocenters. The van der Waals surface area contributed by atoms with Gasteiger partial charge in [-0.2, -0.15) is 0 Å². The van der Waals surface area contributed by atoms with E-state index in [1.807, 2.05) is 18.3 Å². The van der Waals surface area contributed by atoms with Gasteiger partial charge in [0.25, 0.3) is 0 Å². The molecule has 0 spiro atoms. The number of piperidine rings is 1. The van der Waals surface area contributed by atoms with Crippen molar-refractivity contribution in [3.8, 4) is 5.75 Å². The van der Waals surface area contributed by atoms with Gasteiger partial charge in [-0.3, -0.25) is 10.1 Å². The second-order valence-corrected chi connectivity index (χ2v) is 7.29. The van der Waals surface area contributed by atoms with Crippen molar-refractivity contribution in [2.75, 3.05) is 18.0 Å². The van der Waals surface area contributed by atoms with Gasteiger partial charge in [-0.1, -0.05) is 36.4 Å². The van der Waals surface area contributed by atoms with Gasteiger partial charge in [-0.05, 0) is 61.8 Å². The predicted octanol–water partition coefficient (Wildman–Crippen LogP) is 5.62. The minimum atomic E-state index is 0.0792.